The molecule has 0 spiro atoms. The molecule has 182 valence electrons. The van der Waals surface area contributed by atoms with Crippen LogP contribution in [0.3, 0.4) is 0 Å². The van der Waals surface area contributed by atoms with Gasteiger partial charge in [0.05, 0.1) is 21.9 Å². The van der Waals surface area contributed by atoms with Crippen molar-refractivity contribution in [3.8, 4) is 0 Å². The number of esters is 1. The summed E-state index contributed by atoms with van der Waals surface area (Å²) in [4.78, 5) is 12.5. The molecule has 0 saturated heterocycles. The summed E-state index contributed by atoms with van der Waals surface area (Å²) in [6.45, 7) is -0.686. The number of sulfonamides is 2. The van der Waals surface area contributed by atoms with Crippen molar-refractivity contribution in [1.29, 1.82) is 0 Å². The third kappa shape index (κ3) is 3.91. The highest BCUT2D eigenvalue weighted by molar-refractivity contribution is 8.04. The van der Waals surface area contributed by atoms with Gasteiger partial charge in [-0.05, 0) is 30.3 Å². The largest absolute Gasteiger partial charge is 0.444 e. The first kappa shape index (κ1) is 23.9. The van der Waals surface area contributed by atoms with E-state index in [0.29, 0.717) is 14.8 Å². The molecule has 0 saturated carbocycles. The van der Waals surface area contributed by atoms with Crippen LogP contribution in [0.2, 0.25) is 0 Å². The lowest BCUT2D eigenvalue weighted by atomic mass is 9.85. The van der Waals surface area contributed by atoms with E-state index in [-0.39, 0.29) is 15.4 Å². The Morgan fingerprint density at radius 2 is 1.06 bits per heavy atom. The molecule has 9 heteroatoms. The van der Waals surface area contributed by atoms with Crippen molar-refractivity contribution in [2.75, 3.05) is 6.54 Å². The summed E-state index contributed by atoms with van der Waals surface area (Å²) in [6.07, 6.45) is 0. The van der Waals surface area contributed by atoms with Gasteiger partial charge in [-0.1, -0.05) is 88.6 Å². The van der Waals surface area contributed by atoms with E-state index < -0.39 is 38.2 Å². The minimum Gasteiger partial charge on any atom is -0.444 e. The quantitative estimate of drug-likeness (QED) is 0.340. The monoisotopic (exact) mass is 519 g/mol. The maximum atomic E-state index is 13.9. The summed E-state index contributed by atoms with van der Waals surface area (Å²) in [7, 11) is -9.21. The molecular formula is C27H21NO6S2. The molecule has 0 fully saturated rings. The van der Waals surface area contributed by atoms with E-state index in [9.17, 15) is 21.6 Å². The molecule has 1 aliphatic rings. The minimum atomic E-state index is -4.61. The summed E-state index contributed by atoms with van der Waals surface area (Å²) in [6, 6.07) is 29.8. The van der Waals surface area contributed by atoms with Crippen molar-refractivity contribution >= 4 is 26.0 Å². The molecule has 1 heterocycles. The first-order chi connectivity index (χ1) is 17.3. The number of ether oxygens (including phenoxy) is 1. The molecular weight excluding hydrogens is 498 g/mol. The van der Waals surface area contributed by atoms with Crippen molar-refractivity contribution in [3.63, 3.8) is 0 Å². The lowest BCUT2D eigenvalue weighted by Crippen LogP contribution is -2.47. The van der Waals surface area contributed by atoms with Crippen LogP contribution in [0.4, 0.5) is 0 Å². The molecule has 4 aromatic carbocycles. The first-order valence-electron chi connectivity index (χ1n) is 11.0. The van der Waals surface area contributed by atoms with Crippen LogP contribution in [0, 0.1) is 0 Å². The maximum Gasteiger partial charge on any atom is 0.339 e. The van der Waals surface area contributed by atoms with Crippen molar-refractivity contribution in [2.45, 2.75) is 15.4 Å². The molecule has 1 unspecified atom stereocenters. The summed E-state index contributed by atoms with van der Waals surface area (Å²) in [5, 5.41) is 0. The van der Waals surface area contributed by atoms with Crippen molar-refractivity contribution < 1.29 is 26.4 Å². The summed E-state index contributed by atoms with van der Waals surface area (Å²) < 4.78 is 62.0. The van der Waals surface area contributed by atoms with E-state index in [4.69, 9.17) is 4.74 Å². The average Bonchev–Trinajstić information content (AvgIpc) is 3.21. The Morgan fingerprint density at radius 3 is 1.58 bits per heavy atom. The van der Waals surface area contributed by atoms with Crippen molar-refractivity contribution in [2.24, 2.45) is 0 Å². The highest BCUT2D eigenvalue weighted by Crippen LogP contribution is 2.44. The second-order valence-electron chi connectivity index (χ2n) is 8.20. The van der Waals surface area contributed by atoms with E-state index in [1.165, 1.54) is 48.5 Å². The summed E-state index contributed by atoms with van der Waals surface area (Å²) in [5.74, 6) is -0.663. The summed E-state index contributed by atoms with van der Waals surface area (Å²) >= 11 is 0. The zero-order valence-corrected chi connectivity index (χ0v) is 20.5. The Labute approximate surface area is 209 Å². The third-order valence-electron chi connectivity index (χ3n) is 6.06. The molecule has 36 heavy (non-hydrogen) atoms. The van der Waals surface area contributed by atoms with Gasteiger partial charge in [-0.3, -0.25) is 0 Å². The Balaban J connectivity index is 1.77. The average molecular weight is 520 g/mol. The number of carbonyl (C=O) groups excluding carboxylic acids is 1. The van der Waals surface area contributed by atoms with Crippen LogP contribution in [0.25, 0.3) is 0 Å². The van der Waals surface area contributed by atoms with Crippen LogP contribution in [0.15, 0.2) is 125 Å². The number of carbonyl (C=O) groups is 1. The predicted octanol–water partition coefficient (Wildman–Crippen LogP) is 4.18. The molecule has 0 aromatic heterocycles. The van der Waals surface area contributed by atoms with E-state index in [2.05, 4.69) is 0 Å². The lowest BCUT2D eigenvalue weighted by molar-refractivity contribution is 0.00823. The van der Waals surface area contributed by atoms with Crippen LogP contribution < -0.4 is 0 Å². The first-order valence-corrected chi connectivity index (χ1v) is 13.9. The topological polar surface area (TPSA) is 97.8 Å². The van der Waals surface area contributed by atoms with E-state index >= 15 is 0 Å². The zero-order valence-electron chi connectivity index (χ0n) is 18.9. The van der Waals surface area contributed by atoms with Gasteiger partial charge < -0.3 is 4.74 Å². The fourth-order valence-electron chi connectivity index (χ4n) is 4.31. The highest BCUT2D eigenvalue weighted by atomic mass is 32.3. The highest BCUT2D eigenvalue weighted by Gasteiger charge is 2.52. The van der Waals surface area contributed by atoms with Gasteiger partial charge in [0.15, 0.2) is 5.60 Å². The number of rotatable bonds is 7. The number of fused-ring (bicyclic) bond motifs is 1. The SMILES string of the molecule is O=C1OC(CN(S(=O)(=O)c2ccccc2)S(=O)(=O)c2ccccc2)(c2ccccc2)c2ccccc21. The maximum absolute atomic E-state index is 13.9. The third-order valence-corrected chi connectivity index (χ3v) is 10.3. The standard InChI is InChI=1S/C27H21NO6S2/c29-26-24-18-10-11-19-25(24)27(34-26,21-12-4-1-5-13-21)20-28(35(30,31)22-14-6-2-7-15-22)36(32,33)23-16-8-3-9-17-23/h1-19H,20H2. The van der Waals surface area contributed by atoms with E-state index in [1.54, 1.807) is 66.7 Å². The van der Waals surface area contributed by atoms with Gasteiger partial charge in [-0.2, -0.15) is 0 Å². The minimum absolute atomic E-state index is 0.203. The Morgan fingerprint density at radius 1 is 0.611 bits per heavy atom. The predicted molar refractivity (Wildman–Crippen MR) is 133 cm³/mol. The fourth-order valence-corrected chi connectivity index (χ4v) is 8.04. The Bertz CT molecular complexity index is 1550. The van der Waals surface area contributed by atoms with Gasteiger partial charge in [-0.15, -0.1) is 0 Å². The molecule has 1 atom stereocenters. The lowest BCUT2D eigenvalue weighted by Gasteiger charge is -2.34. The molecule has 0 N–H and O–H groups in total. The van der Waals surface area contributed by atoms with Gasteiger partial charge in [-0.25, -0.2) is 21.6 Å². The van der Waals surface area contributed by atoms with E-state index in [0.717, 1.165) is 0 Å². The smallest absolute Gasteiger partial charge is 0.339 e. The van der Waals surface area contributed by atoms with Gasteiger partial charge >= 0.3 is 5.97 Å². The number of hydrogen-bond acceptors (Lipinski definition) is 6. The van der Waals surface area contributed by atoms with Crippen molar-refractivity contribution in [3.05, 3.63) is 132 Å². The van der Waals surface area contributed by atoms with Gasteiger partial charge in [0.1, 0.15) is 0 Å². The molecule has 1 aliphatic heterocycles. The number of benzene rings is 4. The van der Waals surface area contributed by atoms with E-state index in [1.807, 2.05) is 0 Å². The number of cyclic esters (lactones) is 1. The number of nitrogens with zero attached hydrogens (tertiary/aromatic N) is 1. The molecule has 0 aliphatic carbocycles. The molecule has 7 nitrogen and oxygen atoms in total. The molecule has 0 radical (unpaired) electrons. The molecule has 0 bridgehead atoms. The van der Waals surface area contributed by atoms with Gasteiger partial charge in [0, 0.05) is 11.1 Å². The fraction of sp³-hybridized carbons (Fsp3) is 0.0741. The van der Waals surface area contributed by atoms with Crippen LogP contribution in [-0.2, 0) is 30.4 Å². The zero-order chi connectivity index (χ0) is 25.4. The van der Waals surface area contributed by atoms with Crippen LogP contribution in [-0.4, -0.2) is 33.1 Å². The Hall–Kier alpha value is -3.79. The van der Waals surface area contributed by atoms with Crippen LogP contribution in [0.1, 0.15) is 21.5 Å². The molecule has 5 rings (SSSR count). The summed E-state index contributed by atoms with van der Waals surface area (Å²) in [5.41, 5.74) is -0.619. The second kappa shape index (κ2) is 9.02. The van der Waals surface area contributed by atoms with Crippen LogP contribution in [0.5, 0.6) is 0 Å². The molecule has 4 aromatic rings. The Kier molecular flexibility index (Phi) is 5.99. The van der Waals surface area contributed by atoms with Gasteiger partial charge in [0.2, 0.25) is 0 Å². The number of hydrogen-bond donors (Lipinski definition) is 0. The second-order valence-corrected chi connectivity index (χ2v) is 12.2. The van der Waals surface area contributed by atoms with Gasteiger partial charge in [0.25, 0.3) is 20.0 Å². The normalized spacial score (nSPS) is 17.5. The van der Waals surface area contributed by atoms with Crippen molar-refractivity contribution in [1.82, 2.24) is 3.71 Å². The molecule has 0 amide bonds. The van der Waals surface area contributed by atoms with Crippen LogP contribution >= 0.6 is 0 Å².